The highest BCUT2D eigenvalue weighted by molar-refractivity contribution is 6.31. The number of amides is 1. The second-order valence-corrected chi connectivity index (χ2v) is 8.69. The molecule has 166 valence electrons. The van der Waals surface area contributed by atoms with Gasteiger partial charge in [-0.3, -0.25) is 14.6 Å². The van der Waals surface area contributed by atoms with Crippen molar-refractivity contribution in [1.29, 1.82) is 0 Å². The Kier molecular flexibility index (Phi) is 5.84. The fourth-order valence-corrected chi connectivity index (χ4v) is 4.70. The Morgan fingerprint density at radius 1 is 1.12 bits per heavy atom. The zero-order valence-electron chi connectivity index (χ0n) is 17.9. The van der Waals surface area contributed by atoms with Crippen LogP contribution in [0.4, 0.5) is 11.4 Å². The summed E-state index contributed by atoms with van der Waals surface area (Å²) in [4.78, 5) is 35.4. The Hall–Kier alpha value is -3.64. The van der Waals surface area contributed by atoms with E-state index in [1.54, 1.807) is 24.5 Å². The maximum absolute atomic E-state index is 13.3. The van der Waals surface area contributed by atoms with Gasteiger partial charge in [0.25, 0.3) is 5.56 Å². The van der Waals surface area contributed by atoms with E-state index in [9.17, 15) is 9.59 Å². The number of fused-ring (bicyclic) bond motifs is 1. The van der Waals surface area contributed by atoms with Crippen LogP contribution in [-0.2, 0) is 4.79 Å². The quantitative estimate of drug-likeness (QED) is 0.446. The number of nitrogens with zero attached hydrogens (tertiary/aromatic N) is 2. The first-order chi connectivity index (χ1) is 16.1. The van der Waals surface area contributed by atoms with Gasteiger partial charge in [-0.15, -0.1) is 0 Å². The van der Waals surface area contributed by atoms with Gasteiger partial charge in [0.1, 0.15) is 5.69 Å². The molecule has 2 aromatic heterocycles. The van der Waals surface area contributed by atoms with E-state index in [-0.39, 0.29) is 17.4 Å². The summed E-state index contributed by atoms with van der Waals surface area (Å²) in [7, 11) is 0. The smallest absolute Gasteiger partial charge is 0.272 e. The van der Waals surface area contributed by atoms with Crippen molar-refractivity contribution in [3.05, 3.63) is 88.4 Å². The molecule has 0 bridgehead atoms. The number of aromatic amines is 1. The third-order valence-corrected chi connectivity index (χ3v) is 6.29. The highest BCUT2D eigenvalue weighted by atomic mass is 35.5. The van der Waals surface area contributed by atoms with Gasteiger partial charge in [0.2, 0.25) is 5.91 Å². The molecule has 1 fully saturated rings. The summed E-state index contributed by atoms with van der Waals surface area (Å²) in [6.07, 6.45) is 4.87. The molecule has 2 aromatic carbocycles. The van der Waals surface area contributed by atoms with Crippen molar-refractivity contribution < 1.29 is 4.79 Å². The Morgan fingerprint density at radius 3 is 2.76 bits per heavy atom. The fraction of sp³-hybridized carbons (Fsp3) is 0.192. The van der Waals surface area contributed by atoms with Gasteiger partial charge in [0, 0.05) is 40.8 Å². The number of H-pyrrole nitrogens is 1. The molecule has 1 saturated heterocycles. The van der Waals surface area contributed by atoms with Gasteiger partial charge in [-0.1, -0.05) is 41.9 Å². The number of halogens is 1. The normalized spacial score (nSPS) is 16.0. The van der Waals surface area contributed by atoms with Gasteiger partial charge in [-0.2, -0.15) is 0 Å². The van der Waals surface area contributed by atoms with Crippen LogP contribution in [0.15, 0.2) is 77.9 Å². The molecule has 5 rings (SSSR count). The van der Waals surface area contributed by atoms with Gasteiger partial charge >= 0.3 is 0 Å². The van der Waals surface area contributed by atoms with Crippen LogP contribution in [-0.4, -0.2) is 29.0 Å². The van der Waals surface area contributed by atoms with Crippen molar-refractivity contribution in [1.82, 2.24) is 9.97 Å². The van der Waals surface area contributed by atoms with Crippen LogP contribution in [0.2, 0.25) is 5.02 Å². The molecule has 33 heavy (non-hydrogen) atoms. The largest absolute Gasteiger partial charge is 0.366 e. The lowest BCUT2D eigenvalue weighted by Gasteiger charge is -2.34. The summed E-state index contributed by atoms with van der Waals surface area (Å²) >= 11 is 6.33. The fourth-order valence-electron chi connectivity index (χ4n) is 4.53. The minimum Gasteiger partial charge on any atom is -0.366 e. The Balaban J connectivity index is 1.56. The van der Waals surface area contributed by atoms with Crippen molar-refractivity contribution in [2.45, 2.75) is 12.8 Å². The lowest BCUT2D eigenvalue weighted by atomic mass is 9.94. The molecule has 2 N–H and O–H groups in total. The van der Waals surface area contributed by atoms with Gasteiger partial charge in [-0.05, 0) is 48.7 Å². The predicted molar refractivity (Wildman–Crippen MR) is 133 cm³/mol. The van der Waals surface area contributed by atoms with Crippen molar-refractivity contribution >= 4 is 39.8 Å². The molecule has 0 spiro atoms. The number of nitrogens with one attached hydrogen (secondary N) is 2. The molecule has 0 aliphatic carbocycles. The van der Waals surface area contributed by atoms with Crippen LogP contribution in [0.5, 0.6) is 0 Å². The second kappa shape index (κ2) is 9.08. The predicted octanol–water partition coefficient (Wildman–Crippen LogP) is 5.10. The lowest BCUT2D eigenvalue weighted by Crippen LogP contribution is -2.43. The molecule has 7 heteroatoms. The summed E-state index contributed by atoms with van der Waals surface area (Å²) in [5.41, 5.74) is 3.59. The monoisotopic (exact) mass is 458 g/mol. The Morgan fingerprint density at radius 2 is 1.97 bits per heavy atom. The van der Waals surface area contributed by atoms with Gasteiger partial charge in [0.05, 0.1) is 17.8 Å². The van der Waals surface area contributed by atoms with Crippen molar-refractivity contribution in [3.8, 4) is 11.1 Å². The topological polar surface area (TPSA) is 78.1 Å². The first-order valence-electron chi connectivity index (χ1n) is 11.0. The van der Waals surface area contributed by atoms with E-state index in [1.165, 1.54) is 0 Å². The van der Waals surface area contributed by atoms with E-state index in [1.807, 2.05) is 53.4 Å². The molecule has 1 aliphatic heterocycles. The molecule has 1 amide bonds. The molecule has 6 nitrogen and oxygen atoms in total. The molecule has 1 aliphatic rings. The number of carbonyl (C=O) groups excluding carboxylic acids is 1. The third kappa shape index (κ3) is 4.34. The number of anilines is 2. The SMILES string of the molecule is O=C(Nc1cccnc1)[C@@H]1CCCN(c2c(-c3ccccc3)c3cc(Cl)ccc3[nH]c2=O)C1. The second-order valence-electron chi connectivity index (χ2n) is 8.25. The van der Waals surface area contributed by atoms with Crippen LogP contribution < -0.4 is 15.8 Å². The molecule has 1 atom stereocenters. The van der Waals surface area contributed by atoms with Crippen molar-refractivity contribution in [2.24, 2.45) is 5.92 Å². The minimum absolute atomic E-state index is 0.0609. The Bertz CT molecular complexity index is 1360. The van der Waals surface area contributed by atoms with E-state index < -0.39 is 0 Å². The maximum Gasteiger partial charge on any atom is 0.272 e. The van der Waals surface area contributed by atoms with Crippen LogP contribution in [0.3, 0.4) is 0 Å². The lowest BCUT2D eigenvalue weighted by molar-refractivity contribution is -0.120. The average molecular weight is 459 g/mol. The van der Waals surface area contributed by atoms with Gasteiger partial charge in [0.15, 0.2) is 0 Å². The molecule has 0 saturated carbocycles. The third-order valence-electron chi connectivity index (χ3n) is 6.05. The maximum atomic E-state index is 13.3. The number of rotatable bonds is 4. The molecular formula is C26H23ClN4O2. The summed E-state index contributed by atoms with van der Waals surface area (Å²) < 4.78 is 0. The first-order valence-corrected chi connectivity index (χ1v) is 11.3. The molecule has 0 unspecified atom stereocenters. The first kappa shape index (κ1) is 21.2. The highest BCUT2D eigenvalue weighted by Gasteiger charge is 2.29. The Labute approximate surface area is 196 Å². The number of carbonyl (C=O) groups is 1. The standard InChI is InChI=1S/C26H23ClN4O2/c27-19-10-11-22-21(14-19)23(17-6-2-1-3-7-17)24(26(33)30-22)31-13-5-8-18(16-31)25(32)29-20-9-4-12-28-15-20/h1-4,6-7,9-12,14-15,18H,5,8,13,16H2,(H,29,32)(H,30,33)/t18-/m1/s1. The number of aromatic nitrogens is 2. The average Bonchev–Trinajstić information content (AvgIpc) is 2.85. The molecule has 3 heterocycles. The van der Waals surface area contributed by atoms with E-state index in [0.717, 1.165) is 34.9 Å². The zero-order chi connectivity index (χ0) is 22.8. The summed E-state index contributed by atoms with van der Waals surface area (Å²) in [5.74, 6) is -0.300. The van der Waals surface area contributed by atoms with Gasteiger partial charge in [-0.25, -0.2) is 0 Å². The zero-order valence-corrected chi connectivity index (χ0v) is 18.7. The highest BCUT2D eigenvalue weighted by Crippen LogP contribution is 2.37. The number of benzene rings is 2. The van der Waals surface area contributed by atoms with E-state index in [4.69, 9.17) is 11.6 Å². The molecular weight excluding hydrogens is 436 g/mol. The van der Waals surface area contributed by atoms with Crippen LogP contribution in [0, 0.1) is 5.92 Å². The van der Waals surface area contributed by atoms with E-state index >= 15 is 0 Å². The van der Waals surface area contributed by atoms with Crippen molar-refractivity contribution in [2.75, 3.05) is 23.3 Å². The molecule has 4 aromatic rings. The minimum atomic E-state index is -0.239. The summed E-state index contributed by atoms with van der Waals surface area (Å²) in [6, 6.07) is 18.9. The van der Waals surface area contributed by atoms with Crippen LogP contribution in [0.1, 0.15) is 12.8 Å². The van der Waals surface area contributed by atoms with Crippen LogP contribution in [0.25, 0.3) is 22.0 Å². The number of hydrogen-bond acceptors (Lipinski definition) is 4. The molecule has 0 radical (unpaired) electrons. The summed E-state index contributed by atoms with van der Waals surface area (Å²) in [5, 5.41) is 4.43. The van der Waals surface area contributed by atoms with E-state index in [2.05, 4.69) is 15.3 Å². The van der Waals surface area contributed by atoms with Crippen LogP contribution >= 0.6 is 11.6 Å². The number of piperidine rings is 1. The number of pyridine rings is 2. The summed E-state index contributed by atoms with van der Waals surface area (Å²) in [6.45, 7) is 1.16. The van der Waals surface area contributed by atoms with E-state index in [0.29, 0.717) is 29.5 Å². The van der Waals surface area contributed by atoms with Crippen molar-refractivity contribution in [3.63, 3.8) is 0 Å². The number of hydrogen-bond donors (Lipinski definition) is 2. The van der Waals surface area contributed by atoms with Gasteiger partial charge < -0.3 is 15.2 Å².